The van der Waals surface area contributed by atoms with Gasteiger partial charge in [0.2, 0.25) is 5.91 Å². The molecule has 1 fully saturated rings. The Morgan fingerprint density at radius 2 is 2.25 bits per heavy atom. The lowest BCUT2D eigenvalue weighted by Gasteiger charge is -2.23. The van der Waals surface area contributed by atoms with E-state index in [9.17, 15) is 4.79 Å². The van der Waals surface area contributed by atoms with Crippen molar-refractivity contribution in [1.29, 1.82) is 0 Å². The van der Waals surface area contributed by atoms with Crippen LogP contribution < -0.4 is 15.5 Å². The maximum absolute atomic E-state index is 11.5. The lowest BCUT2D eigenvalue weighted by molar-refractivity contribution is -0.119. The first-order valence-corrected chi connectivity index (χ1v) is 7.28. The summed E-state index contributed by atoms with van der Waals surface area (Å²) < 4.78 is 0. The second-order valence-electron chi connectivity index (χ2n) is 5.33. The summed E-state index contributed by atoms with van der Waals surface area (Å²) in [5.41, 5.74) is 2.32. The van der Waals surface area contributed by atoms with Crippen LogP contribution in [0.4, 0.5) is 5.82 Å². The maximum Gasteiger partial charge on any atom is 0.239 e. The summed E-state index contributed by atoms with van der Waals surface area (Å²) in [7, 11) is 1.66. The number of carbonyl (C=O) groups excluding carboxylic acids is 1. The fourth-order valence-corrected chi connectivity index (χ4v) is 2.19. The van der Waals surface area contributed by atoms with Crippen LogP contribution in [0.3, 0.4) is 0 Å². The van der Waals surface area contributed by atoms with Gasteiger partial charge in [-0.1, -0.05) is 0 Å². The van der Waals surface area contributed by atoms with Crippen molar-refractivity contribution in [3.63, 3.8) is 0 Å². The van der Waals surface area contributed by atoms with E-state index < -0.39 is 0 Å². The average molecular weight is 276 g/mol. The summed E-state index contributed by atoms with van der Waals surface area (Å²) in [5.74, 6) is 0.902. The molecule has 2 rings (SSSR count). The number of aromatic nitrogens is 1. The number of hydrogen-bond donors (Lipinski definition) is 2. The maximum atomic E-state index is 11.5. The van der Waals surface area contributed by atoms with Gasteiger partial charge in [-0.15, -0.1) is 0 Å². The van der Waals surface area contributed by atoms with Gasteiger partial charge in [0, 0.05) is 32.4 Å². The zero-order valence-corrected chi connectivity index (χ0v) is 12.6. The Hall–Kier alpha value is -1.62. The molecular weight excluding hydrogens is 252 g/mol. The van der Waals surface area contributed by atoms with Crippen LogP contribution in [-0.2, 0) is 11.3 Å². The fourth-order valence-electron chi connectivity index (χ4n) is 2.19. The van der Waals surface area contributed by atoms with Gasteiger partial charge in [-0.25, -0.2) is 4.98 Å². The highest BCUT2D eigenvalue weighted by molar-refractivity contribution is 5.80. The Balaban J connectivity index is 2.03. The third kappa shape index (κ3) is 3.93. The van der Waals surface area contributed by atoms with Gasteiger partial charge >= 0.3 is 0 Å². The van der Waals surface area contributed by atoms with Crippen molar-refractivity contribution in [3.05, 3.63) is 23.4 Å². The minimum atomic E-state index is 0.00697. The van der Waals surface area contributed by atoms with Crippen LogP contribution >= 0.6 is 0 Å². The molecule has 1 aromatic rings. The average Bonchev–Trinajstić information content (AvgIpc) is 3.27. The summed E-state index contributed by atoms with van der Waals surface area (Å²) in [4.78, 5) is 18.1. The molecule has 1 heterocycles. The highest BCUT2D eigenvalue weighted by Crippen LogP contribution is 2.21. The monoisotopic (exact) mass is 276 g/mol. The first-order valence-electron chi connectivity index (χ1n) is 7.28. The summed E-state index contributed by atoms with van der Waals surface area (Å²) in [6, 6.07) is 2.86. The van der Waals surface area contributed by atoms with Crippen molar-refractivity contribution >= 4 is 11.7 Å². The van der Waals surface area contributed by atoms with Gasteiger partial charge in [0.25, 0.3) is 0 Å². The van der Waals surface area contributed by atoms with Crippen LogP contribution in [0.25, 0.3) is 0 Å². The van der Waals surface area contributed by atoms with Crippen LogP contribution in [0.15, 0.2) is 12.3 Å². The third-order valence-corrected chi connectivity index (χ3v) is 3.57. The number of amides is 1. The zero-order chi connectivity index (χ0) is 14.5. The molecule has 5 heteroatoms. The minimum absolute atomic E-state index is 0.00697. The normalized spacial score (nSPS) is 14.2. The van der Waals surface area contributed by atoms with Crippen molar-refractivity contribution in [2.45, 2.75) is 39.3 Å². The number of nitrogens with one attached hydrogen (secondary N) is 2. The van der Waals surface area contributed by atoms with Gasteiger partial charge in [0.15, 0.2) is 0 Å². The molecule has 0 bridgehead atoms. The van der Waals surface area contributed by atoms with E-state index in [0.717, 1.165) is 24.5 Å². The third-order valence-electron chi connectivity index (χ3n) is 3.57. The SMILES string of the molecule is CCN(CC(=O)NC)c1ncc(CNC2CC2)cc1C. The van der Waals surface area contributed by atoms with E-state index in [-0.39, 0.29) is 5.91 Å². The first kappa shape index (κ1) is 14.8. The number of anilines is 1. The Morgan fingerprint density at radius 1 is 1.50 bits per heavy atom. The highest BCUT2D eigenvalue weighted by atomic mass is 16.1. The number of aryl methyl sites for hydroxylation is 1. The topological polar surface area (TPSA) is 57.3 Å². The molecule has 1 aliphatic rings. The summed E-state index contributed by atoms with van der Waals surface area (Å²) in [6.07, 6.45) is 4.49. The molecule has 1 amide bonds. The van der Waals surface area contributed by atoms with Crippen molar-refractivity contribution in [3.8, 4) is 0 Å². The predicted octanol–water partition coefficient (Wildman–Crippen LogP) is 1.21. The Labute approximate surface area is 120 Å². The van der Waals surface area contributed by atoms with E-state index in [1.165, 1.54) is 18.4 Å². The Kier molecular flexibility index (Phi) is 4.95. The van der Waals surface area contributed by atoms with Crippen LogP contribution in [0, 0.1) is 6.92 Å². The van der Waals surface area contributed by atoms with E-state index >= 15 is 0 Å². The highest BCUT2D eigenvalue weighted by Gasteiger charge is 2.20. The van der Waals surface area contributed by atoms with Crippen LogP contribution in [0.2, 0.25) is 0 Å². The molecule has 0 spiro atoms. The van der Waals surface area contributed by atoms with E-state index in [1.54, 1.807) is 7.05 Å². The molecule has 0 radical (unpaired) electrons. The summed E-state index contributed by atoms with van der Waals surface area (Å²) in [6.45, 7) is 6.07. The van der Waals surface area contributed by atoms with Crippen LogP contribution in [0.1, 0.15) is 30.9 Å². The summed E-state index contributed by atoms with van der Waals surface area (Å²) >= 11 is 0. The number of pyridine rings is 1. The number of nitrogens with zero attached hydrogens (tertiary/aromatic N) is 2. The molecule has 0 saturated heterocycles. The van der Waals surface area contributed by atoms with E-state index in [2.05, 4.69) is 28.6 Å². The molecule has 20 heavy (non-hydrogen) atoms. The Bertz CT molecular complexity index is 471. The molecule has 0 aliphatic heterocycles. The van der Waals surface area contributed by atoms with Crippen molar-refractivity contribution < 1.29 is 4.79 Å². The molecule has 1 aliphatic carbocycles. The van der Waals surface area contributed by atoms with Gasteiger partial charge in [-0.2, -0.15) is 0 Å². The Morgan fingerprint density at radius 3 is 2.80 bits per heavy atom. The van der Waals surface area contributed by atoms with Crippen molar-refractivity contribution in [2.24, 2.45) is 0 Å². The lowest BCUT2D eigenvalue weighted by atomic mass is 10.2. The molecule has 5 nitrogen and oxygen atoms in total. The van der Waals surface area contributed by atoms with Gasteiger partial charge in [0.05, 0.1) is 6.54 Å². The first-order chi connectivity index (χ1) is 9.63. The fraction of sp³-hybridized carbons (Fsp3) is 0.600. The smallest absolute Gasteiger partial charge is 0.239 e. The number of carbonyl (C=O) groups is 1. The van der Waals surface area contributed by atoms with Gasteiger partial charge < -0.3 is 15.5 Å². The molecular formula is C15H24N4O. The molecule has 2 N–H and O–H groups in total. The quantitative estimate of drug-likeness (QED) is 0.786. The van der Waals surface area contributed by atoms with Crippen molar-refractivity contribution in [1.82, 2.24) is 15.6 Å². The van der Waals surface area contributed by atoms with Crippen molar-refractivity contribution in [2.75, 3.05) is 25.0 Å². The second kappa shape index (κ2) is 6.70. The number of rotatable bonds is 7. The van der Waals surface area contributed by atoms with Gasteiger partial charge in [0.1, 0.15) is 5.82 Å². The standard InChI is InChI=1S/C15H24N4O/c1-4-19(10-14(20)16-3)15-11(2)7-12(9-18-15)8-17-13-5-6-13/h7,9,13,17H,4-6,8,10H2,1-3H3,(H,16,20). The predicted molar refractivity (Wildman–Crippen MR) is 80.8 cm³/mol. The molecule has 0 unspecified atom stereocenters. The number of likely N-dealkylation sites (N-methyl/N-ethyl adjacent to an activating group) is 2. The minimum Gasteiger partial charge on any atom is -0.358 e. The van der Waals surface area contributed by atoms with E-state index in [0.29, 0.717) is 12.6 Å². The molecule has 1 aromatic heterocycles. The lowest BCUT2D eigenvalue weighted by Crippen LogP contribution is -2.36. The van der Waals surface area contributed by atoms with Crippen LogP contribution in [0.5, 0.6) is 0 Å². The molecule has 1 saturated carbocycles. The van der Waals surface area contributed by atoms with E-state index in [4.69, 9.17) is 0 Å². The largest absolute Gasteiger partial charge is 0.358 e. The van der Waals surface area contributed by atoms with Gasteiger partial charge in [-0.3, -0.25) is 4.79 Å². The van der Waals surface area contributed by atoms with Gasteiger partial charge in [-0.05, 0) is 43.9 Å². The molecule has 0 atom stereocenters. The second-order valence-corrected chi connectivity index (χ2v) is 5.33. The molecule has 110 valence electrons. The number of hydrogen-bond acceptors (Lipinski definition) is 4. The van der Waals surface area contributed by atoms with Crippen LogP contribution in [-0.4, -0.2) is 37.1 Å². The molecule has 0 aromatic carbocycles. The summed E-state index contributed by atoms with van der Waals surface area (Å²) in [5, 5.41) is 6.14. The zero-order valence-electron chi connectivity index (χ0n) is 12.6. The van der Waals surface area contributed by atoms with E-state index in [1.807, 2.05) is 18.0 Å².